The Morgan fingerprint density at radius 2 is 0.947 bits per heavy atom. The van der Waals surface area contributed by atoms with Crippen molar-refractivity contribution in [3.8, 4) is 0 Å². The first kappa shape index (κ1) is 84.3. The zero-order valence-electron chi connectivity index (χ0n) is 60.4. The van der Waals surface area contributed by atoms with Crippen molar-refractivity contribution in [2.24, 2.45) is 0 Å². The number of carbonyl (C=O) groups excluding carboxylic acids is 1. The molecule has 6 heterocycles. The van der Waals surface area contributed by atoms with Crippen molar-refractivity contribution in [3.05, 3.63) is 0 Å². The summed E-state index contributed by atoms with van der Waals surface area (Å²) in [6.45, 7) is 35.1. The van der Waals surface area contributed by atoms with Gasteiger partial charge in [-0.15, -0.1) is 0 Å². The van der Waals surface area contributed by atoms with Crippen molar-refractivity contribution in [1.82, 2.24) is 0 Å². The van der Waals surface area contributed by atoms with Crippen LogP contribution in [0.5, 0.6) is 0 Å². The fourth-order valence-electron chi connectivity index (χ4n) is 13.0. The van der Waals surface area contributed by atoms with Gasteiger partial charge in [0.25, 0.3) is 0 Å². The Balaban J connectivity index is 1.55. The summed E-state index contributed by atoms with van der Waals surface area (Å²) in [7, 11) is 1.13. The quantitative estimate of drug-likeness (QED) is 0.0149. The summed E-state index contributed by atoms with van der Waals surface area (Å²) in [6.07, 6.45) is -10.9. The number of unbranched alkanes of at least 4 members (excludes halogenated alkanes) is 7. The summed E-state index contributed by atoms with van der Waals surface area (Å²) < 4.78 is 146. The third-order valence-electron chi connectivity index (χ3n) is 18.8. The molecule has 6 saturated heterocycles. The molecule has 6 rings (SSSR count). The maximum absolute atomic E-state index is 13.4. The van der Waals surface area contributed by atoms with Crippen molar-refractivity contribution in [2.75, 3.05) is 59.5 Å². The minimum Gasteiger partial charge on any atom is -0.373 e. The molecule has 27 heteroatoms. The average molecular weight is 1530 g/mol. The molecule has 0 bridgehead atoms. The smallest absolute Gasteiger partial charge is 0.373 e. The first-order valence-corrected chi connectivity index (χ1v) is 43.8. The topological polar surface area (TPSA) is 231 Å². The second kappa shape index (κ2) is 43.6. The maximum atomic E-state index is 13.4. The van der Waals surface area contributed by atoms with Crippen LogP contribution in [-0.2, 0) is 111 Å². The molecule has 558 valence electrons. The Labute approximate surface area is 587 Å². The second-order valence-corrected chi connectivity index (χ2v) is 37.5. The van der Waals surface area contributed by atoms with Crippen LogP contribution in [0.1, 0.15) is 201 Å². The molecule has 6 aliphatic heterocycles. The zero-order valence-corrected chi connectivity index (χ0v) is 65.3. The monoisotopic (exact) mass is 1530 g/mol. The molecule has 95 heavy (non-hydrogen) atoms. The molecule has 6 fully saturated rings. The Morgan fingerprint density at radius 1 is 0.505 bits per heavy atom. The van der Waals surface area contributed by atoms with E-state index in [-0.39, 0.29) is 19.8 Å². The molecular weight excluding hydrogens is 1400 g/mol. The number of ether oxygens (including phenoxy) is 19. The van der Waals surface area contributed by atoms with E-state index in [1.807, 2.05) is 27.7 Å². The number of carbonyl (C=O) groups is 1. The van der Waals surface area contributed by atoms with Gasteiger partial charge in [-0.3, -0.25) is 0 Å². The number of hydrogen-bond acceptors (Lipinski definition) is 24. The van der Waals surface area contributed by atoms with Crippen LogP contribution in [0.25, 0.3) is 0 Å². The van der Waals surface area contributed by atoms with Gasteiger partial charge in [0.15, 0.2) is 8.32 Å². The molecule has 10 unspecified atom stereocenters. The molecule has 24 atom stereocenters. The minimum absolute atomic E-state index is 0.0242. The summed E-state index contributed by atoms with van der Waals surface area (Å²) in [4.78, 5) is 13.4. The number of rotatable bonds is 44. The van der Waals surface area contributed by atoms with Gasteiger partial charge in [-0.1, -0.05) is 101 Å². The Bertz CT molecular complexity index is 2190. The molecular formula is C68H125IO23PSSi-. The Hall–Kier alpha value is 0.357. The molecule has 0 aliphatic carbocycles. The van der Waals surface area contributed by atoms with Gasteiger partial charge in [0.05, 0.1) is 13.2 Å². The number of halogens is 1. The van der Waals surface area contributed by atoms with Crippen molar-refractivity contribution in [1.29, 1.82) is 0 Å². The summed E-state index contributed by atoms with van der Waals surface area (Å²) in [5.74, 6) is -1.63. The van der Waals surface area contributed by atoms with Crippen LogP contribution in [0.15, 0.2) is 0 Å². The zero-order chi connectivity index (χ0) is 69.2. The molecule has 23 nitrogen and oxygen atoms in total. The van der Waals surface area contributed by atoms with Crippen molar-refractivity contribution >= 4 is 50.6 Å². The standard InChI is InChI=1S/C68H125IO23PSSi/c1-17-27-34-72-41-48-53(75-37-30-20-4)55(77-39-32-22-6)62(92-95(24-8,25-9)26-10)66(84-48)86-56-52(85-63-54(76-38-31-21-5)49(71)47(42-79-63)73-35-28-18-2)45(13)81-64(59(56)78-40-33-23-7)88-60-57(51(83-46(14)70)44(12)82-67(60)91-94(69)93)87-65-61-58(89-68(15,16)90-61)50(43(11)80-65)74-36-29-19-3/h43-45,47-67,71H,17-42H2,1-16H3/q-1/t43?,44?,45?,47-,48?,49-,50+,51+,52+,53-,54?,55?,56-,57?,58?,59?,60-,61+,62?,63+,64+,65+,66+,67+/m1/s1. The van der Waals surface area contributed by atoms with Crippen LogP contribution in [0, 0.1) is 0 Å². The van der Waals surface area contributed by atoms with Gasteiger partial charge in [-0.05, 0) is 56.7 Å². The molecule has 0 aromatic carbocycles. The number of hydrogen-bond donors (Lipinski definition) is 1. The molecule has 0 spiro atoms. The Morgan fingerprint density at radius 3 is 1.52 bits per heavy atom. The van der Waals surface area contributed by atoms with Crippen LogP contribution < -0.4 is 0 Å². The van der Waals surface area contributed by atoms with E-state index in [1.54, 1.807) is 6.92 Å². The van der Waals surface area contributed by atoms with Crippen LogP contribution in [-0.4, -0.2) is 232 Å². The SMILES string of the molecule is CCCCOCC1O[C@@H](O[C@H]2C(OCCCC)[C@H](O[C@@H]3C(O[C@@H]4OC(C)[C@H](OCCCC)C5OC(C)(C)O[C@@H]54)[C@@H](OC(C)=O)C(C)O[C@H]3O[S-](#P)I)OC(C)[C@@H]2O[C@@H]2OC[C@@H](OCCCC)[C@@H](O)C2OCCCC)C(O[Si](CC)(CC)CC)C(OCCCC)[C@@H]1OCCCC. The number of aliphatic hydroxyl groups excluding tert-OH is 1. The van der Waals surface area contributed by atoms with Gasteiger partial charge in [0, 0.05) is 33.0 Å². The van der Waals surface area contributed by atoms with Crippen LogP contribution in [0.4, 0.5) is 0 Å². The molecule has 1 N–H and O–H groups in total. The third-order valence-corrected chi connectivity index (χ3v) is 24.6. The Kier molecular flexibility index (Phi) is 38.7. The van der Waals surface area contributed by atoms with E-state index in [2.05, 4.69) is 90.4 Å². The van der Waals surface area contributed by atoms with Gasteiger partial charge in [-0.2, -0.15) is 0 Å². The summed E-state index contributed by atoms with van der Waals surface area (Å²) >= 11 is 2.07. The van der Waals surface area contributed by atoms with E-state index >= 15 is 0 Å². The molecule has 0 amide bonds. The number of esters is 1. The van der Waals surface area contributed by atoms with E-state index in [9.17, 15) is 9.90 Å². The molecule has 0 aromatic heterocycles. The minimum atomic E-state index is -2.57. The number of fused-ring (bicyclic) bond motifs is 1. The van der Waals surface area contributed by atoms with Gasteiger partial charge in [0.1, 0.15) is 18.3 Å². The van der Waals surface area contributed by atoms with Crippen LogP contribution in [0.2, 0.25) is 18.1 Å². The predicted octanol–water partition coefficient (Wildman–Crippen LogP) is 12.2. The average Bonchev–Trinajstić information content (AvgIpc) is 1.71. The summed E-state index contributed by atoms with van der Waals surface area (Å²) in [6, 6.07) is 2.47. The van der Waals surface area contributed by atoms with Gasteiger partial charge in [0.2, 0.25) is 0 Å². The third kappa shape index (κ3) is 24.5. The van der Waals surface area contributed by atoms with E-state index in [1.165, 1.54) is 6.92 Å². The molecule has 0 saturated carbocycles. The van der Waals surface area contributed by atoms with E-state index in [0.29, 0.717) is 46.1 Å². The van der Waals surface area contributed by atoms with E-state index in [4.69, 9.17) is 106 Å². The molecule has 0 aromatic rings. The first-order valence-electron chi connectivity index (χ1n) is 36.5. The number of aliphatic hydroxyl groups is 1. The predicted molar refractivity (Wildman–Crippen MR) is 371 cm³/mol. The van der Waals surface area contributed by atoms with E-state index < -0.39 is 175 Å². The summed E-state index contributed by atoms with van der Waals surface area (Å²) in [5, 5.41) is 12.3. The van der Waals surface area contributed by atoms with Crippen molar-refractivity contribution in [2.45, 2.75) is 372 Å². The normalized spacial score (nSPS) is 36.8. The van der Waals surface area contributed by atoms with Crippen LogP contribution in [0.3, 0.4) is 0 Å². The fraction of sp³-hybridized carbons (Fsp3) is 0.985. The van der Waals surface area contributed by atoms with E-state index in [0.717, 1.165) is 102 Å². The summed E-state index contributed by atoms with van der Waals surface area (Å²) in [5.41, 5.74) is 0. The van der Waals surface area contributed by atoms with Gasteiger partial charge < -0.3 is 28.8 Å². The molecule has 0 radical (unpaired) electrons. The van der Waals surface area contributed by atoms with Crippen molar-refractivity contribution in [3.63, 3.8) is 0 Å². The fourth-order valence-corrected chi connectivity index (χ4v) is 17.0. The van der Waals surface area contributed by atoms with Gasteiger partial charge in [-0.25, -0.2) is 0 Å². The van der Waals surface area contributed by atoms with Gasteiger partial charge >= 0.3 is 331 Å². The van der Waals surface area contributed by atoms with Crippen LogP contribution >= 0.6 is 29.0 Å². The first-order chi connectivity index (χ1) is 45.7. The van der Waals surface area contributed by atoms with Crippen molar-refractivity contribution < 1.29 is 109 Å². The molecule has 6 aliphatic rings. The second-order valence-electron chi connectivity index (χ2n) is 26.7.